The Morgan fingerprint density at radius 2 is 2.06 bits per heavy atom. The molecule has 2 aromatic rings. The van der Waals surface area contributed by atoms with Crippen molar-refractivity contribution in [2.75, 3.05) is 0 Å². The van der Waals surface area contributed by atoms with Gasteiger partial charge in [-0.1, -0.05) is 17.7 Å². The molecule has 94 valence electrons. The van der Waals surface area contributed by atoms with Gasteiger partial charge in [-0.3, -0.25) is 9.36 Å². The molecule has 1 aromatic heterocycles. The fraction of sp³-hybridized carbons (Fsp3) is 0.231. The molecule has 0 aliphatic heterocycles. The lowest BCUT2D eigenvalue weighted by molar-refractivity contribution is 0.619. The number of aryl methyl sites for hydroxylation is 2. The zero-order chi connectivity index (χ0) is 13.3. The Morgan fingerprint density at radius 3 is 2.72 bits per heavy atom. The molecule has 0 fully saturated rings. The van der Waals surface area contributed by atoms with E-state index < -0.39 is 0 Å². The molecular weight excluding hydrogens is 255 g/mol. The monoisotopic (exact) mass is 266 g/mol. The van der Waals surface area contributed by atoms with E-state index in [1.807, 2.05) is 6.92 Å². The predicted octanol–water partition coefficient (Wildman–Crippen LogP) is 2.70. The number of benzene rings is 1. The van der Waals surface area contributed by atoms with E-state index in [0.29, 0.717) is 12.4 Å². The normalized spacial score (nSPS) is 10.7. The minimum Gasteiger partial charge on any atom is -0.292 e. The van der Waals surface area contributed by atoms with Gasteiger partial charge in [-0.05, 0) is 37.1 Å². The van der Waals surface area contributed by atoms with Gasteiger partial charge < -0.3 is 0 Å². The lowest BCUT2D eigenvalue weighted by Crippen LogP contribution is -2.23. The molecule has 0 atom stereocenters. The van der Waals surface area contributed by atoms with E-state index in [1.165, 1.54) is 22.8 Å². The first kappa shape index (κ1) is 12.8. The fourth-order valence-corrected chi connectivity index (χ4v) is 1.98. The van der Waals surface area contributed by atoms with Crippen LogP contribution in [0, 0.1) is 19.7 Å². The number of rotatable bonds is 2. The molecule has 0 saturated heterocycles. The largest absolute Gasteiger partial charge is 0.292 e. The van der Waals surface area contributed by atoms with Crippen LogP contribution in [0.5, 0.6) is 0 Å². The summed E-state index contributed by atoms with van der Waals surface area (Å²) in [5.41, 5.74) is 1.44. The van der Waals surface area contributed by atoms with Crippen molar-refractivity contribution in [3.05, 3.63) is 62.5 Å². The van der Waals surface area contributed by atoms with E-state index in [1.54, 1.807) is 13.0 Å². The minimum absolute atomic E-state index is 0.171. The summed E-state index contributed by atoms with van der Waals surface area (Å²) >= 11 is 5.70. The molecular formula is C13H12ClFN2O. The molecule has 0 unspecified atom stereocenters. The Balaban J connectivity index is 2.46. The fourth-order valence-electron chi connectivity index (χ4n) is 1.76. The van der Waals surface area contributed by atoms with Crippen molar-refractivity contribution in [3.63, 3.8) is 0 Å². The van der Waals surface area contributed by atoms with Crippen molar-refractivity contribution in [2.24, 2.45) is 0 Å². The Hall–Kier alpha value is -1.68. The maximum atomic E-state index is 13.2. The van der Waals surface area contributed by atoms with Crippen molar-refractivity contribution < 1.29 is 4.39 Å². The smallest absolute Gasteiger partial charge is 0.255 e. The third kappa shape index (κ3) is 2.59. The number of nitrogens with zero attached hydrogens (tertiary/aromatic N) is 2. The molecule has 18 heavy (non-hydrogen) atoms. The van der Waals surface area contributed by atoms with Crippen molar-refractivity contribution >= 4 is 11.6 Å². The highest BCUT2D eigenvalue weighted by Crippen LogP contribution is 2.12. The van der Waals surface area contributed by atoms with Crippen LogP contribution in [-0.2, 0) is 6.54 Å². The van der Waals surface area contributed by atoms with Crippen LogP contribution in [0.3, 0.4) is 0 Å². The van der Waals surface area contributed by atoms with E-state index in [0.717, 1.165) is 11.1 Å². The van der Waals surface area contributed by atoms with Crippen LogP contribution in [0.25, 0.3) is 0 Å². The predicted molar refractivity (Wildman–Crippen MR) is 68.5 cm³/mol. The maximum absolute atomic E-state index is 13.2. The quantitative estimate of drug-likeness (QED) is 0.784. The van der Waals surface area contributed by atoms with Gasteiger partial charge in [-0.2, -0.15) is 0 Å². The van der Waals surface area contributed by atoms with Crippen molar-refractivity contribution in [3.8, 4) is 0 Å². The molecule has 0 bridgehead atoms. The van der Waals surface area contributed by atoms with E-state index in [9.17, 15) is 9.18 Å². The average Bonchev–Trinajstić information content (AvgIpc) is 2.28. The van der Waals surface area contributed by atoms with Crippen LogP contribution in [0.2, 0.25) is 5.15 Å². The summed E-state index contributed by atoms with van der Waals surface area (Å²) in [5.74, 6) is 0.194. The summed E-state index contributed by atoms with van der Waals surface area (Å²) in [6, 6.07) is 5.77. The summed E-state index contributed by atoms with van der Waals surface area (Å²) in [7, 11) is 0. The molecule has 2 rings (SSSR count). The third-order valence-electron chi connectivity index (χ3n) is 2.81. The lowest BCUT2D eigenvalue weighted by atomic mass is 10.1. The second-order valence-electron chi connectivity index (χ2n) is 4.12. The van der Waals surface area contributed by atoms with Crippen molar-refractivity contribution in [1.29, 1.82) is 0 Å². The minimum atomic E-state index is -0.316. The topological polar surface area (TPSA) is 34.9 Å². The first-order valence-electron chi connectivity index (χ1n) is 5.46. The molecule has 0 saturated carbocycles. The Labute approximate surface area is 109 Å². The van der Waals surface area contributed by atoms with Gasteiger partial charge in [0, 0.05) is 6.07 Å². The Morgan fingerprint density at radius 1 is 1.33 bits per heavy atom. The van der Waals surface area contributed by atoms with Gasteiger partial charge in [0.2, 0.25) is 0 Å². The second-order valence-corrected chi connectivity index (χ2v) is 4.51. The van der Waals surface area contributed by atoms with Crippen LogP contribution >= 0.6 is 11.6 Å². The van der Waals surface area contributed by atoms with E-state index in [2.05, 4.69) is 4.98 Å². The van der Waals surface area contributed by atoms with Crippen LogP contribution in [-0.4, -0.2) is 9.55 Å². The van der Waals surface area contributed by atoms with Crippen molar-refractivity contribution in [2.45, 2.75) is 20.4 Å². The van der Waals surface area contributed by atoms with Gasteiger partial charge >= 0.3 is 0 Å². The van der Waals surface area contributed by atoms with Crippen LogP contribution in [0.15, 0.2) is 29.1 Å². The maximum Gasteiger partial charge on any atom is 0.255 e. The summed E-state index contributed by atoms with van der Waals surface area (Å²) in [6.07, 6.45) is 0. The van der Waals surface area contributed by atoms with Gasteiger partial charge in [0.1, 0.15) is 16.8 Å². The highest BCUT2D eigenvalue weighted by Gasteiger charge is 2.07. The molecule has 1 aromatic carbocycles. The molecule has 0 radical (unpaired) electrons. The summed E-state index contributed by atoms with van der Waals surface area (Å²) in [6.45, 7) is 3.86. The zero-order valence-corrected chi connectivity index (χ0v) is 10.8. The number of halogens is 2. The van der Waals surface area contributed by atoms with Gasteiger partial charge in [0.25, 0.3) is 5.56 Å². The molecule has 3 nitrogen and oxygen atoms in total. The molecule has 0 N–H and O–H groups in total. The molecule has 1 heterocycles. The first-order valence-corrected chi connectivity index (χ1v) is 5.84. The average molecular weight is 267 g/mol. The van der Waals surface area contributed by atoms with Crippen LogP contribution < -0.4 is 5.56 Å². The highest BCUT2D eigenvalue weighted by atomic mass is 35.5. The SMILES string of the molecule is Cc1ccc(F)cc1Cn1c(C)nc(Cl)cc1=O. The summed E-state index contributed by atoms with van der Waals surface area (Å²) in [5, 5.41) is 0.171. The van der Waals surface area contributed by atoms with E-state index in [4.69, 9.17) is 11.6 Å². The molecule has 0 spiro atoms. The molecule has 5 heteroatoms. The van der Waals surface area contributed by atoms with Gasteiger partial charge in [-0.25, -0.2) is 9.37 Å². The Kier molecular flexibility index (Phi) is 3.48. The highest BCUT2D eigenvalue weighted by molar-refractivity contribution is 6.29. The Bertz CT molecular complexity index is 652. The second kappa shape index (κ2) is 4.90. The van der Waals surface area contributed by atoms with Crippen molar-refractivity contribution in [1.82, 2.24) is 9.55 Å². The third-order valence-corrected chi connectivity index (χ3v) is 3.00. The molecule has 0 amide bonds. The number of aromatic nitrogens is 2. The van der Waals surface area contributed by atoms with Gasteiger partial charge in [0.15, 0.2) is 0 Å². The van der Waals surface area contributed by atoms with Gasteiger partial charge in [0.05, 0.1) is 6.54 Å². The summed E-state index contributed by atoms with van der Waals surface area (Å²) < 4.78 is 14.7. The standard InChI is InChI=1S/C13H12ClFN2O/c1-8-3-4-11(15)5-10(8)7-17-9(2)16-12(14)6-13(17)18/h3-6H,7H2,1-2H3. The van der Waals surface area contributed by atoms with Gasteiger partial charge in [-0.15, -0.1) is 0 Å². The molecule has 0 aliphatic rings. The first-order chi connectivity index (χ1) is 8.47. The lowest BCUT2D eigenvalue weighted by Gasteiger charge is -2.11. The number of hydrogen-bond acceptors (Lipinski definition) is 2. The van der Waals surface area contributed by atoms with E-state index >= 15 is 0 Å². The van der Waals surface area contributed by atoms with Crippen LogP contribution in [0.1, 0.15) is 17.0 Å². The molecule has 0 aliphatic carbocycles. The van der Waals surface area contributed by atoms with E-state index in [-0.39, 0.29) is 16.5 Å². The number of hydrogen-bond donors (Lipinski definition) is 0. The zero-order valence-electron chi connectivity index (χ0n) is 10.1. The van der Waals surface area contributed by atoms with Crippen LogP contribution in [0.4, 0.5) is 4.39 Å². The summed E-state index contributed by atoms with van der Waals surface area (Å²) in [4.78, 5) is 15.8.